The molecule has 6 heteroatoms. The first-order valence-electron chi connectivity index (χ1n) is 5.51. The monoisotopic (exact) mass is 258 g/mol. The van der Waals surface area contributed by atoms with Gasteiger partial charge in [-0.3, -0.25) is 4.79 Å². The minimum Gasteiger partial charge on any atom is -0.435 e. The summed E-state index contributed by atoms with van der Waals surface area (Å²) in [4.78, 5) is 11.7. The summed E-state index contributed by atoms with van der Waals surface area (Å²) in [5.41, 5.74) is 6.00. The first-order chi connectivity index (χ1) is 8.40. The predicted molar refractivity (Wildman–Crippen MR) is 64.5 cm³/mol. The minimum absolute atomic E-state index is 0.00347. The van der Waals surface area contributed by atoms with Crippen LogP contribution in [-0.4, -0.2) is 18.6 Å². The van der Waals surface area contributed by atoms with Crippen LogP contribution in [0.15, 0.2) is 24.3 Å². The van der Waals surface area contributed by atoms with Gasteiger partial charge in [0, 0.05) is 17.8 Å². The van der Waals surface area contributed by atoms with Gasteiger partial charge in [-0.05, 0) is 19.1 Å². The molecule has 1 aromatic carbocycles. The highest BCUT2D eigenvalue weighted by Gasteiger charge is 2.17. The average Bonchev–Trinajstić information content (AvgIpc) is 2.27. The molecular formula is C12H16F2N2O2. The van der Waals surface area contributed by atoms with Crippen molar-refractivity contribution >= 4 is 11.6 Å². The van der Waals surface area contributed by atoms with Crippen LogP contribution in [-0.2, 0) is 4.79 Å². The Kier molecular flexibility index (Phi) is 5.03. The van der Waals surface area contributed by atoms with Crippen LogP contribution in [0.25, 0.3) is 0 Å². The lowest BCUT2D eigenvalue weighted by atomic mass is 10.0. The van der Waals surface area contributed by atoms with Gasteiger partial charge in [-0.1, -0.05) is 13.0 Å². The maximum absolute atomic E-state index is 12.0. The van der Waals surface area contributed by atoms with Crippen LogP contribution in [0, 0.1) is 5.92 Å². The molecule has 3 N–H and O–H groups in total. The molecule has 4 nitrogen and oxygen atoms in total. The van der Waals surface area contributed by atoms with Gasteiger partial charge in [0.05, 0.1) is 5.92 Å². The summed E-state index contributed by atoms with van der Waals surface area (Å²) in [7, 11) is 0. The van der Waals surface area contributed by atoms with E-state index in [1.54, 1.807) is 19.9 Å². The third kappa shape index (κ3) is 4.29. The van der Waals surface area contributed by atoms with E-state index >= 15 is 0 Å². The standard InChI is InChI=1S/C12H16F2N2O2/c1-7(8(2)15)11(17)16-9-4-3-5-10(6-9)18-12(13)14/h3-8,12H,15H2,1-2H3,(H,16,17). The molecule has 0 radical (unpaired) electrons. The van der Waals surface area contributed by atoms with Gasteiger partial charge in [0.1, 0.15) is 5.75 Å². The molecule has 1 aromatic rings. The summed E-state index contributed by atoms with van der Waals surface area (Å²) in [6.45, 7) is 0.527. The maximum atomic E-state index is 12.0. The molecule has 1 amide bonds. The third-order valence-corrected chi connectivity index (χ3v) is 2.53. The number of rotatable bonds is 5. The molecule has 100 valence electrons. The van der Waals surface area contributed by atoms with Crippen LogP contribution in [0.3, 0.4) is 0 Å². The second-order valence-corrected chi connectivity index (χ2v) is 4.04. The Balaban J connectivity index is 2.70. The molecule has 0 aliphatic heterocycles. The zero-order chi connectivity index (χ0) is 13.7. The Labute approximate surface area is 104 Å². The van der Waals surface area contributed by atoms with E-state index < -0.39 is 6.61 Å². The normalized spacial score (nSPS) is 14.1. The molecule has 0 bridgehead atoms. The molecule has 18 heavy (non-hydrogen) atoms. The van der Waals surface area contributed by atoms with E-state index in [2.05, 4.69) is 10.1 Å². The van der Waals surface area contributed by atoms with E-state index in [0.717, 1.165) is 0 Å². The van der Waals surface area contributed by atoms with Crippen molar-refractivity contribution in [2.45, 2.75) is 26.5 Å². The number of halogens is 2. The Morgan fingerprint density at radius 3 is 2.61 bits per heavy atom. The van der Waals surface area contributed by atoms with Crippen LogP contribution in [0.1, 0.15) is 13.8 Å². The Hall–Kier alpha value is -1.69. The number of carbonyl (C=O) groups is 1. The van der Waals surface area contributed by atoms with E-state index in [4.69, 9.17) is 5.73 Å². The van der Waals surface area contributed by atoms with Gasteiger partial charge < -0.3 is 15.8 Å². The molecule has 2 atom stereocenters. The summed E-state index contributed by atoms with van der Waals surface area (Å²) in [5.74, 6) is -0.639. The van der Waals surface area contributed by atoms with Crippen LogP contribution < -0.4 is 15.8 Å². The van der Waals surface area contributed by atoms with E-state index in [-0.39, 0.29) is 23.6 Å². The Bertz CT molecular complexity index is 411. The second-order valence-electron chi connectivity index (χ2n) is 4.04. The average molecular weight is 258 g/mol. The van der Waals surface area contributed by atoms with Crippen molar-refractivity contribution in [2.24, 2.45) is 11.7 Å². The molecule has 2 unspecified atom stereocenters. The summed E-state index contributed by atoms with van der Waals surface area (Å²) in [6, 6.07) is 5.54. The molecule has 0 aliphatic carbocycles. The SMILES string of the molecule is CC(N)C(C)C(=O)Nc1cccc(OC(F)F)c1. The van der Waals surface area contributed by atoms with E-state index in [1.165, 1.54) is 18.2 Å². The molecule has 0 aromatic heterocycles. The predicted octanol–water partition coefficient (Wildman–Crippen LogP) is 2.21. The molecule has 0 aliphatic rings. The van der Waals surface area contributed by atoms with Gasteiger partial charge in [0.25, 0.3) is 0 Å². The summed E-state index contributed by atoms with van der Waals surface area (Å²) in [5, 5.41) is 2.59. The summed E-state index contributed by atoms with van der Waals surface area (Å²) < 4.78 is 28.3. The molecule has 0 saturated heterocycles. The van der Waals surface area contributed by atoms with E-state index in [9.17, 15) is 13.6 Å². The summed E-state index contributed by atoms with van der Waals surface area (Å²) in [6.07, 6.45) is 0. The van der Waals surface area contributed by atoms with Gasteiger partial charge >= 0.3 is 6.61 Å². The molecular weight excluding hydrogens is 242 g/mol. The smallest absolute Gasteiger partial charge is 0.387 e. The van der Waals surface area contributed by atoms with Crippen molar-refractivity contribution in [3.05, 3.63) is 24.3 Å². The van der Waals surface area contributed by atoms with Crippen LogP contribution >= 0.6 is 0 Å². The first kappa shape index (κ1) is 14.4. The zero-order valence-corrected chi connectivity index (χ0v) is 10.2. The van der Waals surface area contributed by atoms with Crippen molar-refractivity contribution in [3.8, 4) is 5.75 Å². The number of ether oxygens (including phenoxy) is 1. The van der Waals surface area contributed by atoms with Crippen molar-refractivity contribution in [1.82, 2.24) is 0 Å². The van der Waals surface area contributed by atoms with Gasteiger partial charge in [0.15, 0.2) is 0 Å². The van der Waals surface area contributed by atoms with Gasteiger partial charge in [-0.15, -0.1) is 0 Å². The lowest BCUT2D eigenvalue weighted by Gasteiger charge is -2.15. The molecule has 0 fully saturated rings. The lowest BCUT2D eigenvalue weighted by molar-refractivity contribution is -0.119. The lowest BCUT2D eigenvalue weighted by Crippen LogP contribution is -2.34. The maximum Gasteiger partial charge on any atom is 0.387 e. The number of nitrogens with one attached hydrogen (secondary N) is 1. The van der Waals surface area contributed by atoms with Crippen LogP contribution in [0.5, 0.6) is 5.75 Å². The quantitative estimate of drug-likeness (QED) is 0.851. The zero-order valence-electron chi connectivity index (χ0n) is 10.2. The number of hydrogen-bond donors (Lipinski definition) is 2. The highest BCUT2D eigenvalue weighted by molar-refractivity contribution is 5.92. The number of anilines is 1. The fourth-order valence-electron chi connectivity index (χ4n) is 1.24. The Morgan fingerprint density at radius 1 is 1.39 bits per heavy atom. The fraction of sp³-hybridized carbons (Fsp3) is 0.417. The van der Waals surface area contributed by atoms with Crippen LogP contribution in [0.4, 0.5) is 14.5 Å². The largest absolute Gasteiger partial charge is 0.435 e. The fourth-order valence-corrected chi connectivity index (χ4v) is 1.24. The number of carbonyl (C=O) groups excluding carboxylic acids is 1. The first-order valence-corrected chi connectivity index (χ1v) is 5.51. The van der Waals surface area contributed by atoms with Crippen molar-refractivity contribution < 1.29 is 18.3 Å². The summed E-state index contributed by atoms with van der Waals surface area (Å²) >= 11 is 0. The van der Waals surface area contributed by atoms with E-state index in [1.807, 2.05) is 0 Å². The number of nitrogens with two attached hydrogens (primary N) is 1. The van der Waals surface area contributed by atoms with Gasteiger partial charge in [0.2, 0.25) is 5.91 Å². The second kappa shape index (κ2) is 6.30. The van der Waals surface area contributed by atoms with Crippen molar-refractivity contribution in [1.29, 1.82) is 0 Å². The number of amides is 1. The third-order valence-electron chi connectivity index (χ3n) is 2.53. The van der Waals surface area contributed by atoms with Crippen LogP contribution in [0.2, 0.25) is 0 Å². The minimum atomic E-state index is -2.89. The molecule has 0 spiro atoms. The van der Waals surface area contributed by atoms with Gasteiger partial charge in [-0.2, -0.15) is 8.78 Å². The number of hydrogen-bond acceptors (Lipinski definition) is 3. The topological polar surface area (TPSA) is 64.4 Å². The van der Waals surface area contributed by atoms with E-state index in [0.29, 0.717) is 5.69 Å². The highest BCUT2D eigenvalue weighted by Crippen LogP contribution is 2.20. The number of benzene rings is 1. The van der Waals surface area contributed by atoms with Crippen molar-refractivity contribution in [2.75, 3.05) is 5.32 Å². The van der Waals surface area contributed by atoms with Crippen molar-refractivity contribution in [3.63, 3.8) is 0 Å². The van der Waals surface area contributed by atoms with Gasteiger partial charge in [-0.25, -0.2) is 0 Å². The Morgan fingerprint density at radius 2 is 2.06 bits per heavy atom. The molecule has 1 rings (SSSR count). The molecule has 0 heterocycles. The molecule has 0 saturated carbocycles. The number of alkyl halides is 2. The highest BCUT2D eigenvalue weighted by atomic mass is 19.3.